The van der Waals surface area contributed by atoms with E-state index in [4.69, 9.17) is 5.11 Å². The highest BCUT2D eigenvalue weighted by Crippen LogP contribution is 2.30. The molecule has 0 aromatic rings. The van der Waals surface area contributed by atoms with Crippen LogP contribution in [0.1, 0.15) is 38.5 Å². The Bertz CT molecular complexity index is 360. The number of aliphatic carboxylic acids is 1. The van der Waals surface area contributed by atoms with Gasteiger partial charge in [-0.15, -0.1) is 6.58 Å². The number of urea groups is 1. The largest absolute Gasteiger partial charge is 0.480 e. The molecule has 0 aliphatic heterocycles. The van der Waals surface area contributed by atoms with E-state index in [0.717, 1.165) is 38.5 Å². The molecule has 2 aliphatic rings. The number of carbonyl (C=O) groups excluding carboxylic acids is 1. The van der Waals surface area contributed by atoms with Gasteiger partial charge in [0, 0.05) is 18.6 Å². The second kappa shape index (κ2) is 6.08. The van der Waals surface area contributed by atoms with Gasteiger partial charge in [-0.05, 0) is 25.7 Å². The van der Waals surface area contributed by atoms with E-state index in [-0.39, 0.29) is 24.7 Å². The molecule has 0 aromatic heterocycles. The summed E-state index contributed by atoms with van der Waals surface area (Å²) < 4.78 is 0. The van der Waals surface area contributed by atoms with Crippen LogP contribution in [0.5, 0.6) is 0 Å². The van der Waals surface area contributed by atoms with Crippen LogP contribution in [-0.4, -0.2) is 52.1 Å². The van der Waals surface area contributed by atoms with Gasteiger partial charge < -0.3 is 14.9 Å². The van der Waals surface area contributed by atoms with Crippen LogP contribution in [0.3, 0.4) is 0 Å². The van der Waals surface area contributed by atoms with Gasteiger partial charge in [0.1, 0.15) is 6.54 Å². The Labute approximate surface area is 113 Å². The molecule has 0 atom stereocenters. The average molecular weight is 266 g/mol. The van der Waals surface area contributed by atoms with Crippen LogP contribution in [0.15, 0.2) is 12.7 Å². The Morgan fingerprint density at radius 2 is 1.68 bits per heavy atom. The fraction of sp³-hybridized carbons (Fsp3) is 0.714. The Kier molecular flexibility index (Phi) is 4.45. The van der Waals surface area contributed by atoms with E-state index < -0.39 is 5.97 Å². The van der Waals surface area contributed by atoms with Gasteiger partial charge in [-0.1, -0.05) is 18.9 Å². The summed E-state index contributed by atoms with van der Waals surface area (Å²) in [6, 6.07) is 0.245. The van der Waals surface area contributed by atoms with Crippen molar-refractivity contribution < 1.29 is 14.7 Å². The van der Waals surface area contributed by atoms with Gasteiger partial charge in [0.25, 0.3) is 0 Å². The first-order valence-electron chi connectivity index (χ1n) is 7.03. The Balaban J connectivity index is 2.08. The zero-order chi connectivity index (χ0) is 13.8. The van der Waals surface area contributed by atoms with Crippen molar-refractivity contribution in [3.05, 3.63) is 12.7 Å². The second-order valence-electron chi connectivity index (χ2n) is 5.41. The van der Waals surface area contributed by atoms with Crippen molar-refractivity contribution in [2.24, 2.45) is 0 Å². The number of hydrogen-bond donors (Lipinski definition) is 1. The molecule has 2 aliphatic carbocycles. The van der Waals surface area contributed by atoms with Crippen LogP contribution in [0.25, 0.3) is 0 Å². The fourth-order valence-electron chi connectivity index (χ4n) is 2.79. The maximum Gasteiger partial charge on any atom is 0.323 e. The molecule has 106 valence electrons. The highest BCUT2D eigenvalue weighted by atomic mass is 16.4. The van der Waals surface area contributed by atoms with Crippen LogP contribution in [0.4, 0.5) is 4.79 Å². The molecule has 0 spiro atoms. The van der Waals surface area contributed by atoms with Crippen molar-refractivity contribution in [3.8, 4) is 0 Å². The van der Waals surface area contributed by atoms with Crippen molar-refractivity contribution in [1.29, 1.82) is 0 Å². The highest BCUT2D eigenvalue weighted by molar-refractivity contribution is 5.81. The zero-order valence-electron chi connectivity index (χ0n) is 11.3. The lowest BCUT2D eigenvalue weighted by atomic mass is 10.2. The van der Waals surface area contributed by atoms with Crippen molar-refractivity contribution in [3.63, 3.8) is 0 Å². The third-order valence-electron chi connectivity index (χ3n) is 3.88. The number of carboxylic acid groups (broad SMARTS) is 1. The minimum atomic E-state index is -0.936. The summed E-state index contributed by atoms with van der Waals surface area (Å²) in [4.78, 5) is 26.9. The van der Waals surface area contributed by atoms with Crippen molar-refractivity contribution in [2.75, 3.05) is 13.1 Å². The van der Waals surface area contributed by atoms with E-state index in [9.17, 15) is 9.59 Å². The standard InChI is InChI=1S/C14H22N2O3/c1-2-9-15(12-7-8-12)14(19)16(10-13(17)18)11-5-3-4-6-11/h2,11-12H,1,3-10H2,(H,17,18). The summed E-state index contributed by atoms with van der Waals surface area (Å²) >= 11 is 0. The van der Waals surface area contributed by atoms with Gasteiger partial charge in [0.15, 0.2) is 0 Å². The number of carboxylic acids is 1. The molecular weight excluding hydrogens is 244 g/mol. The number of nitrogens with zero attached hydrogens (tertiary/aromatic N) is 2. The van der Waals surface area contributed by atoms with E-state index in [2.05, 4.69) is 6.58 Å². The molecule has 0 bridgehead atoms. The minimum Gasteiger partial charge on any atom is -0.480 e. The maximum absolute atomic E-state index is 12.6. The Morgan fingerprint density at radius 1 is 1.11 bits per heavy atom. The Morgan fingerprint density at radius 3 is 2.16 bits per heavy atom. The van der Waals surface area contributed by atoms with Gasteiger partial charge in [0.05, 0.1) is 0 Å². The van der Waals surface area contributed by atoms with Crippen LogP contribution < -0.4 is 0 Å². The fourth-order valence-corrected chi connectivity index (χ4v) is 2.79. The number of carbonyl (C=O) groups is 2. The molecule has 5 heteroatoms. The SMILES string of the molecule is C=CCN(C(=O)N(CC(=O)O)C1CCCC1)C1CC1. The maximum atomic E-state index is 12.6. The molecule has 5 nitrogen and oxygen atoms in total. The van der Waals surface area contributed by atoms with Gasteiger partial charge in [-0.2, -0.15) is 0 Å². The van der Waals surface area contributed by atoms with E-state index in [0.29, 0.717) is 6.54 Å². The quantitative estimate of drug-likeness (QED) is 0.749. The molecule has 0 saturated heterocycles. The molecule has 2 saturated carbocycles. The monoisotopic (exact) mass is 266 g/mol. The van der Waals surface area contributed by atoms with E-state index in [1.807, 2.05) is 0 Å². The molecule has 2 amide bonds. The van der Waals surface area contributed by atoms with E-state index in [1.54, 1.807) is 15.9 Å². The normalized spacial score (nSPS) is 19.2. The van der Waals surface area contributed by atoms with Gasteiger partial charge >= 0.3 is 12.0 Å². The van der Waals surface area contributed by atoms with Crippen LogP contribution in [0, 0.1) is 0 Å². The average Bonchev–Trinajstić information content (AvgIpc) is 3.06. The van der Waals surface area contributed by atoms with Crippen LogP contribution in [-0.2, 0) is 4.79 Å². The van der Waals surface area contributed by atoms with E-state index >= 15 is 0 Å². The molecular formula is C14H22N2O3. The first-order valence-corrected chi connectivity index (χ1v) is 7.03. The van der Waals surface area contributed by atoms with Crippen molar-refractivity contribution in [2.45, 2.75) is 50.6 Å². The number of rotatable bonds is 6. The summed E-state index contributed by atoms with van der Waals surface area (Å²) in [5, 5.41) is 9.03. The van der Waals surface area contributed by atoms with Gasteiger partial charge in [0.2, 0.25) is 0 Å². The van der Waals surface area contributed by atoms with Gasteiger partial charge in [-0.3, -0.25) is 4.79 Å². The van der Waals surface area contributed by atoms with Crippen molar-refractivity contribution in [1.82, 2.24) is 9.80 Å². The lowest BCUT2D eigenvalue weighted by Crippen LogP contribution is -2.50. The van der Waals surface area contributed by atoms with Gasteiger partial charge in [-0.25, -0.2) is 4.79 Å². The predicted octanol–water partition coefficient (Wildman–Crippen LogP) is 2.09. The summed E-state index contributed by atoms with van der Waals surface area (Å²) in [5.41, 5.74) is 0. The molecule has 19 heavy (non-hydrogen) atoms. The van der Waals surface area contributed by atoms with Crippen LogP contribution in [0.2, 0.25) is 0 Å². The summed E-state index contributed by atoms with van der Waals surface area (Å²) in [6.45, 7) is 4.00. The topological polar surface area (TPSA) is 60.9 Å². The molecule has 0 unspecified atom stereocenters. The first kappa shape index (κ1) is 13.9. The lowest BCUT2D eigenvalue weighted by Gasteiger charge is -2.33. The summed E-state index contributed by atoms with van der Waals surface area (Å²) in [5.74, 6) is -0.936. The first-order chi connectivity index (χ1) is 9.13. The third kappa shape index (κ3) is 3.49. The smallest absolute Gasteiger partial charge is 0.323 e. The van der Waals surface area contributed by atoms with Crippen LogP contribution >= 0.6 is 0 Å². The molecule has 0 radical (unpaired) electrons. The van der Waals surface area contributed by atoms with Crippen molar-refractivity contribution >= 4 is 12.0 Å². The number of hydrogen-bond acceptors (Lipinski definition) is 2. The second-order valence-corrected chi connectivity index (χ2v) is 5.41. The molecule has 0 aromatic carbocycles. The number of amides is 2. The third-order valence-corrected chi connectivity index (χ3v) is 3.88. The minimum absolute atomic E-state index is 0.0923. The lowest BCUT2D eigenvalue weighted by molar-refractivity contribution is -0.138. The molecule has 2 fully saturated rings. The zero-order valence-corrected chi connectivity index (χ0v) is 11.3. The highest BCUT2D eigenvalue weighted by Gasteiger charge is 2.37. The predicted molar refractivity (Wildman–Crippen MR) is 71.9 cm³/mol. The molecule has 2 rings (SSSR count). The van der Waals surface area contributed by atoms with E-state index in [1.165, 1.54) is 0 Å². The molecule has 1 N–H and O–H groups in total. The summed E-state index contributed by atoms with van der Waals surface area (Å²) in [7, 11) is 0. The Hall–Kier alpha value is -1.52. The summed E-state index contributed by atoms with van der Waals surface area (Å²) in [6.07, 6.45) is 7.76. The molecule has 0 heterocycles.